The standard InChI is InChI=1S/C12H12N2/c13-7-10-1-3-11(4-2-10)14-8-12(9-14)5-6-12/h1-4H,5-6,8-9H2. The number of nitrogens with zero attached hydrogens (tertiary/aromatic N) is 2. The molecule has 0 radical (unpaired) electrons. The second kappa shape index (κ2) is 2.51. The van der Waals surface area contributed by atoms with Crippen LogP contribution in [-0.4, -0.2) is 13.1 Å². The fraction of sp³-hybridized carbons (Fsp3) is 0.417. The molecule has 0 unspecified atom stereocenters. The van der Waals surface area contributed by atoms with Crippen LogP contribution in [-0.2, 0) is 0 Å². The van der Waals surface area contributed by atoms with Crippen LogP contribution in [0.1, 0.15) is 18.4 Å². The summed E-state index contributed by atoms with van der Waals surface area (Å²) in [5.74, 6) is 0. The first kappa shape index (κ1) is 7.87. The summed E-state index contributed by atoms with van der Waals surface area (Å²) in [7, 11) is 0. The van der Waals surface area contributed by atoms with E-state index in [1.807, 2.05) is 24.3 Å². The highest BCUT2D eigenvalue weighted by Gasteiger charge is 2.52. The van der Waals surface area contributed by atoms with Crippen molar-refractivity contribution in [2.45, 2.75) is 12.8 Å². The van der Waals surface area contributed by atoms with Gasteiger partial charge in [-0.2, -0.15) is 5.26 Å². The Labute approximate surface area is 83.8 Å². The maximum Gasteiger partial charge on any atom is 0.0991 e. The van der Waals surface area contributed by atoms with Gasteiger partial charge in [-0.1, -0.05) is 0 Å². The van der Waals surface area contributed by atoms with Crippen LogP contribution in [0.2, 0.25) is 0 Å². The SMILES string of the molecule is N#Cc1ccc(N2CC3(CC3)C2)cc1. The van der Waals surface area contributed by atoms with E-state index in [1.54, 1.807) is 0 Å². The van der Waals surface area contributed by atoms with Crippen LogP contribution < -0.4 is 4.90 Å². The number of hydrogen-bond acceptors (Lipinski definition) is 2. The third kappa shape index (κ3) is 1.09. The minimum Gasteiger partial charge on any atom is -0.370 e. The van der Waals surface area contributed by atoms with Crippen LogP contribution in [0.5, 0.6) is 0 Å². The molecule has 1 aromatic carbocycles. The molecule has 1 aromatic rings. The van der Waals surface area contributed by atoms with Crippen molar-refractivity contribution in [2.75, 3.05) is 18.0 Å². The fourth-order valence-corrected chi connectivity index (χ4v) is 2.19. The van der Waals surface area contributed by atoms with E-state index in [2.05, 4.69) is 11.0 Å². The summed E-state index contributed by atoms with van der Waals surface area (Å²) in [6.07, 6.45) is 2.83. The van der Waals surface area contributed by atoms with Gasteiger partial charge in [0, 0.05) is 24.2 Å². The smallest absolute Gasteiger partial charge is 0.0991 e. The van der Waals surface area contributed by atoms with Crippen LogP contribution in [0.25, 0.3) is 0 Å². The topological polar surface area (TPSA) is 27.0 Å². The lowest BCUT2D eigenvalue weighted by atomic mass is 9.96. The highest BCUT2D eigenvalue weighted by molar-refractivity contribution is 5.53. The van der Waals surface area contributed by atoms with Crippen molar-refractivity contribution in [1.29, 1.82) is 5.26 Å². The van der Waals surface area contributed by atoms with Crippen molar-refractivity contribution in [3.63, 3.8) is 0 Å². The summed E-state index contributed by atoms with van der Waals surface area (Å²) in [5.41, 5.74) is 2.71. The molecule has 1 heterocycles. The minimum absolute atomic E-state index is 0.702. The third-order valence-electron chi connectivity index (χ3n) is 3.37. The van der Waals surface area contributed by atoms with Gasteiger partial charge in [0.2, 0.25) is 0 Å². The Kier molecular flexibility index (Phi) is 1.41. The normalized spacial score (nSPS) is 21.5. The first-order valence-electron chi connectivity index (χ1n) is 5.07. The molecule has 1 spiro atoms. The van der Waals surface area contributed by atoms with Crippen LogP contribution in [0.15, 0.2) is 24.3 Å². The van der Waals surface area contributed by atoms with Gasteiger partial charge in [-0.15, -0.1) is 0 Å². The maximum absolute atomic E-state index is 8.67. The first-order valence-corrected chi connectivity index (χ1v) is 5.07. The summed E-state index contributed by atoms with van der Waals surface area (Å²) >= 11 is 0. The monoisotopic (exact) mass is 184 g/mol. The molecule has 1 aliphatic heterocycles. The largest absolute Gasteiger partial charge is 0.370 e. The summed E-state index contributed by atoms with van der Waals surface area (Å²) < 4.78 is 0. The summed E-state index contributed by atoms with van der Waals surface area (Å²) in [6, 6.07) is 10.0. The first-order chi connectivity index (χ1) is 6.81. The van der Waals surface area contributed by atoms with Gasteiger partial charge in [0.1, 0.15) is 0 Å². The molecular weight excluding hydrogens is 172 g/mol. The van der Waals surface area contributed by atoms with Crippen molar-refractivity contribution in [2.24, 2.45) is 5.41 Å². The second-order valence-corrected chi connectivity index (χ2v) is 4.51. The van der Waals surface area contributed by atoms with Crippen LogP contribution >= 0.6 is 0 Å². The van der Waals surface area contributed by atoms with E-state index in [0.29, 0.717) is 5.41 Å². The van der Waals surface area contributed by atoms with Crippen LogP contribution in [0, 0.1) is 16.7 Å². The Morgan fingerprint density at radius 1 is 1.14 bits per heavy atom. The van der Waals surface area contributed by atoms with Crippen LogP contribution in [0.3, 0.4) is 0 Å². The van der Waals surface area contributed by atoms with E-state index in [-0.39, 0.29) is 0 Å². The van der Waals surface area contributed by atoms with E-state index < -0.39 is 0 Å². The lowest BCUT2D eigenvalue weighted by molar-refractivity contribution is 0.387. The zero-order valence-corrected chi connectivity index (χ0v) is 8.03. The molecule has 14 heavy (non-hydrogen) atoms. The van der Waals surface area contributed by atoms with Crippen molar-refractivity contribution >= 4 is 5.69 Å². The molecule has 0 N–H and O–H groups in total. The highest BCUT2D eigenvalue weighted by Crippen LogP contribution is 2.53. The molecule has 2 heteroatoms. The van der Waals surface area contributed by atoms with Gasteiger partial charge in [0.05, 0.1) is 11.6 Å². The quantitative estimate of drug-likeness (QED) is 0.668. The number of nitriles is 1. The molecule has 1 saturated heterocycles. The number of hydrogen-bond donors (Lipinski definition) is 0. The molecule has 2 nitrogen and oxygen atoms in total. The van der Waals surface area contributed by atoms with Gasteiger partial charge >= 0.3 is 0 Å². The number of benzene rings is 1. The van der Waals surface area contributed by atoms with E-state index in [0.717, 1.165) is 5.56 Å². The van der Waals surface area contributed by atoms with E-state index >= 15 is 0 Å². The Morgan fingerprint density at radius 2 is 1.79 bits per heavy atom. The van der Waals surface area contributed by atoms with E-state index in [9.17, 15) is 0 Å². The van der Waals surface area contributed by atoms with Crippen LogP contribution in [0.4, 0.5) is 5.69 Å². The maximum atomic E-state index is 8.67. The van der Waals surface area contributed by atoms with Gasteiger partial charge in [-0.05, 0) is 37.1 Å². The molecule has 70 valence electrons. The van der Waals surface area contributed by atoms with Crippen molar-refractivity contribution in [3.05, 3.63) is 29.8 Å². The Morgan fingerprint density at radius 3 is 2.29 bits per heavy atom. The molecule has 2 aliphatic rings. The second-order valence-electron chi connectivity index (χ2n) is 4.51. The minimum atomic E-state index is 0.702. The Hall–Kier alpha value is -1.49. The average Bonchev–Trinajstić information content (AvgIpc) is 2.96. The van der Waals surface area contributed by atoms with Gasteiger partial charge in [-0.25, -0.2) is 0 Å². The van der Waals surface area contributed by atoms with Crippen molar-refractivity contribution < 1.29 is 0 Å². The zero-order chi connectivity index (χ0) is 9.60. The average molecular weight is 184 g/mol. The molecule has 3 rings (SSSR count). The lowest BCUT2D eigenvalue weighted by Crippen LogP contribution is -2.48. The fourth-order valence-electron chi connectivity index (χ4n) is 2.19. The van der Waals surface area contributed by atoms with Gasteiger partial charge in [0.15, 0.2) is 0 Å². The molecule has 0 bridgehead atoms. The summed E-state index contributed by atoms with van der Waals surface area (Å²) in [4.78, 5) is 2.40. The van der Waals surface area contributed by atoms with Gasteiger partial charge in [0.25, 0.3) is 0 Å². The molecule has 0 amide bonds. The molecule has 0 atom stereocenters. The van der Waals surface area contributed by atoms with E-state index in [4.69, 9.17) is 5.26 Å². The van der Waals surface area contributed by atoms with Crippen molar-refractivity contribution in [1.82, 2.24) is 0 Å². The predicted octanol–water partition coefficient (Wildman–Crippen LogP) is 2.16. The number of rotatable bonds is 1. The van der Waals surface area contributed by atoms with E-state index in [1.165, 1.54) is 31.6 Å². The molecule has 0 aromatic heterocycles. The lowest BCUT2D eigenvalue weighted by Gasteiger charge is -2.41. The summed E-state index contributed by atoms with van der Waals surface area (Å²) in [6.45, 7) is 2.44. The number of anilines is 1. The van der Waals surface area contributed by atoms with Crippen molar-refractivity contribution in [3.8, 4) is 6.07 Å². The van der Waals surface area contributed by atoms with Gasteiger partial charge < -0.3 is 4.90 Å². The Bertz CT molecular complexity index is 387. The molecule has 1 saturated carbocycles. The molecule has 2 fully saturated rings. The molecule has 1 aliphatic carbocycles. The third-order valence-corrected chi connectivity index (χ3v) is 3.37. The Balaban J connectivity index is 1.75. The predicted molar refractivity (Wildman–Crippen MR) is 55.0 cm³/mol. The molecular formula is C12H12N2. The summed E-state index contributed by atoms with van der Waals surface area (Å²) in [5, 5.41) is 8.67. The zero-order valence-electron chi connectivity index (χ0n) is 8.03. The highest BCUT2D eigenvalue weighted by atomic mass is 15.2. The van der Waals surface area contributed by atoms with Gasteiger partial charge in [-0.3, -0.25) is 0 Å².